The van der Waals surface area contributed by atoms with Gasteiger partial charge >= 0.3 is 0 Å². The van der Waals surface area contributed by atoms with Crippen LogP contribution < -0.4 is 11.3 Å². The number of nitrogens with one attached hydrogen (secondary N) is 1. The summed E-state index contributed by atoms with van der Waals surface area (Å²) >= 11 is 1.96. The number of nitrogens with two attached hydrogens (primary N) is 1. The molecule has 1 fully saturated rings. The summed E-state index contributed by atoms with van der Waals surface area (Å²) in [6.45, 7) is 6.19. The molecule has 5 heteroatoms. The molecule has 0 aromatic heterocycles. The Bertz CT molecular complexity index is 200. The number of thioether (sulfide) groups is 1. The van der Waals surface area contributed by atoms with Crippen LogP contribution in [0.15, 0.2) is 0 Å². The van der Waals surface area contributed by atoms with E-state index in [0.717, 1.165) is 25.3 Å². The fourth-order valence-electron chi connectivity index (χ4n) is 1.83. The van der Waals surface area contributed by atoms with Gasteiger partial charge in [-0.3, -0.25) is 15.1 Å². The summed E-state index contributed by atoms with van der Waals surface area (Å²) < 4.78 is 0. The average Bonchev–Trinajstić information content (AvgIpc) is 2.19. The number of rotatable bonds is 3. The fraction of sp³-hybridized carbons (Fsp3) is 0.889. The number of hydrazine groups is 1. The lowest BCUT2D eigenvalue weighted by atomic mass is 10.1. The Morgan fingerprint density at radius 2 is 2.50 bits per heavy atom. The topological polar surface area (TPSA) is 58.4 Å². The van der Waals surface area contributed by atoms with Crippen molar-refractivity contribution >= 4 is 17.7 Å². The van der Waals surface area contributed by atoms with Crippen LogP contribution in [0.5, 0.6) is 0 Å². The number of carbonyl (C=O) groups is 1. The van der Waals surface area contributed by atoms with E-state index in [4.69, 9.17) is 5.84 Å². The van der Waals surface area contributed by atoms with Crippen molar-refractivity contribution in [3.05, 3.63) is 0 Å². The van der Waals surface area contributed by atoms with Gasteiger partial charge in [0.1, 0.15) is 0 Å². The van der Waals surface area contributed by atoms with E-state index in [0.29, 0.717) is 5.25 Å². The Labute approximate surface area is 89.6 Å². The molecule has 4 nitrogen and oxygen atoms in total. The third-order valence-corrected chi connectivity index (χ3v) is 3.68. The third kappa shape index (κ3) is 2.87. The van der Waals surface area contributed by atoms with E-state index in [-0.39, 0.29) is 11.9 Å². The normalized spacial score (nSPS) is 25.8. The molecule has 1 rings (SSSR count). The zero-order chi connectivity index (χ0) is 10.6. The SMILES string of the molecule is CCC(C(=O)NN)N1CCSC(C)C1. The predicted octanol–water partition coefficient (Wildman–Crippen LogP) is 0.192. The zero-order valence-electron chi connectivity index (χ0n) is 8.82. The Morgan fingerprint density at radius 1 is 1.79 bits per heavy atom. The Hall–Kier alpha value is -0.260. The van der Waals surface area contributed by atoms with E-state index in [1.54, 1.807) is 0 Å². The van der Waals surface area contributed by atoms with Crippen LogP contribution >= 0.6 is 11.8 Å². The molecule has 0 bridgehead atoms. The van der Waals surface area contributed by atoms with E-state index in [1.807, 2.05) is 18.7 Å². The van der Waals surface area contributed by atoms with Crippen LogP contribution in [0, 0.1) is 0 Å². The van der Waals surface area contributed by atoms with Gasteiger partial charge in [-0.1, -0.05) is 13.8 Å². The molecule has 1 heterocycles. The smallest absolute Gasteiger partial charge is 0.251 e. The van der Waals surface area contributed by atoms with Crippen LogP contribution in [0.1, 0.15) is 20.3 Å². The van der Waals surface area contributed by atoms with Gasteiger partial charge in [0.2, 0.25) is 0 Å². The lowest BCUT2D eigenvalue weighted by molar-refractivity contribution is -0.126. The van der Waals surface area contributed by atoms with Crippen molar-refractivity contribution in [2.45, 2.75) is 31.6 Å². The van der Waals surface area contributed by atoms with Crippen LogP contribution in [0.3, 0.4) is 0 Å². The van der Waals surface area contributed by atoms with Crippen molar-refractivity contribution in [1.29, 1.82) is 0 Å². The van der Waals surface area contributed by atoms with Crippen molar-refractivity contribution in [2.75, 3.05) is 18.8 Å². The van der Waals surface area contributed by atoms with E-state index in [2.05, 4.69) is 17.2 Å². The number of amides is 1. The minimum absolute atomic E-state index is 0.0525. The Kier molecular flexibility index (Phi) is 4.71. The molecule has 14 heavy (non-hydrogen) atoms. The van der Waals surface area contributed by atoms with Crippen molar-refractivity contribution < 1.29 is 4.79 Å². The first-order valence-corrected chi connectivity index (χ1v) is 6.10. The zero-order valence-corrected chi connectivity index (χ0v) is 9.64. The van der Waals surface area contributed by atoms with E-state index >= 15 is 0 Å². The Morgan fingerprint density at radius 3 is 3.00 bits per heavy atom. The molecule has 0 spiro atoms. The first kappa shape index (κ1) is 11.8. The molecular weight excluding hydrogens is 198 g/mol. The second kappa shape index (κ2) is 5.58. The summed E-state index contributed by atoms with van der Waals surface area (Å²) in [4.78, 5) is 13.7. The summed E-state index contributed by atoms with van der Waals surface area (Å²) in [7, 11) is 0. The molecule has 0 saturated carbocycles. The molecule has 0 aromatic rings. The van der Waals surface area contributed by atoms with E-state index in [9.17, 15) is 4.79 Å². The number of hydrogen-bond donors (Lipinski definition) is 2. The molecule has 1 amide bonds. The molecule has 1 aliphatic heterocycles. The quantitative estimate of drug-likeness (QED) is 0.402. The number of carbonyl (C=O) groups excluding carboxylic acids is 1. The van der Waals surface area contributed by atoms with Gasteiger partial charge in [-0.25, -0.2) is 5.84 Å². The molecule has 0 aromatic carbocycles. The highest BCUT2D eigenvalue weighted by molar-refractivity contribution is 7.99. The molecule has 1 saturated heterocycles. The first-order valence-electron chi connectivity index (χ1n) is 5.05. The first-order chi connectivity index (χ1) is 6.69. The largest absolute Gasteiger partial charge is 0.293 e. The maximum Gasteiger partial charge on any atom is 0.251 e. The Balaban J connectivity index is 2.54. The second-order valence-corrected chi connectivity index (χ2v) is 5.16. The molecule has 3 N–H and O–H groups in total. The second-order valence-electron chi connectivity index (χ2n) is 3.61. The van der Waals surface area contributed by atoms with Crippen molar-refractivity contribution in [3.8, 4) is 0 Å². The highest BCUT2D eigenvalue weighted by Gasteiger charge is 2.27. The van der Waals surface area contributed by atoms with Gasteiger partial charge < -0.3 is 0 Å². The molecular formula is C9H19N3OS. The fourth-order valence-corrected chi connectivity index (χ4v) is 2.87. The van der Waals surface area contributed by atoms with E-state index in [1.165, 1.54) is 0 Å². The maximum absolute atomic E-state index is 11.5. The lowest BCUT2D eigenvalue weighted by Crippen LogP contribution is -2.52. The van der Waals surface area contributed by atoms with Gasteiger partial charge in [0.15, 0.2) is 0 Å². The highest BCUT2D eigenvalue weighted by atomic mass is 32.2. The molecule has 2 unspecified atom stereocenters. The average molecular weight is 217 g/mol. The van der Waals surface area contributed by atoms with Crippen LogP contribution in [0.4, 0.5) is 0 Å². The monoisotopic (exact) mass is 217 g/mol. The van der Waals surface area contributed by atoms with Gasteiger partial charge in [-0.05, 0) is 6.42 Å². The molecule has 82 valence electrons. The van der Waals surface area contributed by atoms with Crippen LogP contribution in [0.25, 0.3) is 0 Å². The van der Waals surface area contributed by atoms with Crippen LogP contribution in [-0.2, 0) is 4.79 Å². The number of hydrogen-bond acceptors (Lipinski definition) is 4. The minimum Gasteiger partial charge on any atom is -0.293 e. The van der Waals surface area contributed by atoms with Crippen molar-refractivity contribution in [1.82, 2.24) is 10.3 Å². The third-order valence-electron chi connectivity index (χ3n) is 2.54. The summed E-state index contributed by atoms with van der Waals surface area (Å²) in [5, 5.41) is 0.614. The van der Waals surface area contributed by atoms with Crippen molar-refractivity contribution in [3.63, 3.8) is 0 Å². The van der Waals surface area contributed by atoms with Gasteiger partial charge in [-0.2, -0.15) is 11.8 Å². The summed E-state index contributed by atoms with van der Waals surface area (Å²) in [5.74, 6) is 6.20. The number of nitrogens with zero attached hydrogens (tertiary/aromatic N) is 1. The molecule has 1 aliphatic rings. The summed E-state index contributed by atoms with van der Waals surface area (Å²) in [5.41, 5.74) is 2.24. The van der Waals surface area contributed by atoms with Crippen molar-refractivity contribution in [2.24, 2.45) is 5.84 Å². The van der Waals surface area contributed by atoms with Gasteiger partial charge in [-0.15, -0.1) is 0 Å². The molecule has 0 radical (unpaired) electrons. The van der Waals surface area contributed by atoms with Gasteiger partial charge in [0, 0.05) is 24.1 Å². The molecule has 2 atom stereocenters. The van der Waals surface area contributed by atoms with Gasteiger partial charge in [0.05, 0.1) is 6.04 Å². The summed E-state index contributed by atoms with van der Waals surface area (Å²) in [6.07, 6.45) is 0.820. The minimum atomic E-state index is -0.0633. The standard InChI is InChI=1S/C9H19N3OS/c1-3-8(9(13)11-10)12-4-5-14-7(2)6-12/h7-8H,3-6,10H2,1-2H3,(H,11,13). The van der Waals surface area contributed by atoms with E-state index < -0.39 is 0 Å². The lowest BCUT2D eigenvalue weighted by Gasteiger charge is -2.35. The van der Waals surface area contributed by atoms with Crippen LogP contribution in [-0.4, -0.2) is 40.9 Å². The predicted molar refractivity (Wildman–Crippen MR) is 59.9 cm³/mol. The summed E-state index contributed by atoms with van der Waals surface area (Å²) in [6, 6.07) is -0.0525. The maximum atomic E-state index is 11.5. The van der Waals surface area contributed by atoms with Gasteiger partial charge in [0.25, 0.3) is 5.91 Å². The molecule has 0 aliphatic carbocycles. The van der Waals surface area contributed by atoms with Crippen LogP contribution in [0.2, 0.25) is 0 Å². The highest BCUT2D eigenvalue weighted by Crippen LogP contribution is 2.20.